The van der Waals surface area contributed by atoms with Crippen molar-refractivity contribution >= 4 is 17.6 Å². The first-order chi connectivity index (χ1) is 8.69. The lowest BCUT2D eigenvalue weighted by Crippen LogP contribution is -2.01. The third kappa shape index (κ3) is 2.59. The Morgan fingerprint density at radius 2 is 1.83 bits per heavy atom. The first-order valence-electron chi connectivity index (χ1n) is 5.01. The molecule has 0 unspecified atom stereocenters. The molecule has 1 aromatic carbocycles. The summed E-state index contributed by atoms with van der Waals surface area (Å²) in [5.74, 6) is -0.773. The predicted octanol–water partition coefficient (Wildman–Crippen LogP) is 1.79. The van der Waals surface area contributed by atoms with Gasteiger partial charge < -0.3 is 10.4 Å². The molecule has 6 heteroatoms. The van der Waals surface area contributed by atoms with Crippen molar-refractivity contribution in [3.8, 4) is 6.07 Å². The Kier molecular flexibility index (Phi) is 3.16. The van der Waals surface area contributed by atoms with Gasteiger partial charge in [0.1, 0.15) is 0 Å². The molecule has 0 aliphatic carbocycles. The lowest BCUT2D eigenvalue weighted by atomic mass is 10.2. The fraction of sp³-hybridized carbons (Fsp3) is 0. The van der Waals surface area contributed by atoms with Gasteiger partial charge in [-0.1, -0.05) is 0 Å². The number of carboxylic acid groups (broad SMARTS) is 1. The largest absolute Gasteiger partial charge is 0.478 e. The number of carboxylic acids is 1. The van der Waals surface area contributed by atoms with E-state index in [1.807, 2.05) is 6.07 Å². The van der Waals surface area contributed by atoms with Gasteiger partial charge in [-0.05, 0) is 24.3 Å². The van der Waals surface area contributed by atoms with Crippen molar-refractivity contribution < 1.29 is 9.90 Å². The summed E-state index contributed by atoms with van der Waals surface area (Å²) in [6.45, 7) is 0. The van der Waals surface area contributed by atoms with Gasteiger partial charge in [0.25, 0.3) is 0 Å². The van der Waals surface area contributed by atoms with Crippen molar-refractivity contribution in [3.05, 3.63) is 47.8 Å². The highest BCUT2D eigenvalue weighted by atomic mass is 16.4. The molecule has 2 rings (SSSR count). The summed E-state index contributed by atoms with van der Waals surface area (Å²) in [4.78, 5) is 18.3. The Balaban J connectivity index is 2.13. The Morgan fingerprint density at radius 3 is 2.33 bits per heavy atom. The van der Waals surface area contributed by atoms with Crippen LogP contribution in [0.3, 0.4) is 0 Å². The number of nitriles is 1. The molecule has 0 atom stereocenters. The molecule has 0 bridgehead atoms. The lowest BCUT2D eigenvalue weighted by Gasteiger charge is -2.04. The molecule has 0 aliphatic rings. The van der Waals surface area contributed by atoms with Gasteiger partial charge in [0.15, 0.2) is 0 Å². The molecule has 2 aromatic rings. The summed E-state index contributed by atoms with van der Waals surface area (Å²) in [5.41, 5.74) is 1.31. The molecular formula is C12H8N4O2. The van der Waals surface area contributed by atoms with Crippen LogP contribution in [-0.4, -0.2) is 21.0 Å². The number of aromatic nitrogens is 2. The third-order valence-electron chi connectivity index (χ3n) is 2.17. The number of hydrogen-bond acceptors (Lipinski definition) is 5. The average Bonchev–Trinajstić information content (AvgIpc) is 2.40. The van der Waals surface area contributed by atoms with Crippen LogP contribution < -0.4 is 5.32 Å². The smallest absolute Gasteiger partial charge is 0.338 e. The Bertz CT molecular complexity index is 599. The fourth-order valence-electron chi connectivity index (χ4n) is 1.26. The van der Waals surface area contributed by atoms with Crippen LogP contribution in [-0.2, 0) is 0 Å². The van der Waals surface area contributed by atoms with Gasteiger partial charge in [0, 0.05) is 18.1 Å². The van der Waals surface area contributed by atoms with Crippen molar-refractivity contribution in [3.63, 3.8) is 0 Å². The Labute approximate surface area is 103 Å². The molecule has 18 heavy (non-hydrogen) atoms. The van der Waals surface area contributed by atoms with Crippen molar-refractivity contribution in [1.29, 1.82) is 5.26 Å². The van der Waals surface area contributed by atoms with Crippen LogP contribution in [0.5, 0.6) is 0 Å². The van der Waals surface area contributed by atoms with Crippen molar-refractivity contribution in [1.82, 2.24) is 9.97 Å². The number of nitrogens with zero attached hydrogens (tertiary/aromatic N) is 3. The minimum absolute atomic E-state index is 0.0281. The second-order valence-corrected chi connectivity index (χ2v) is 3.41. The van der Waals surface area contributed by atoms with Gasteiger partial charge in [-0.2, -0.15) is 5.26 Å². The summed E-state index contributed by atoms with van der Waals surface area (Å²) in [7, 11) is 0. The molecule has 88 valence electrons. The average molecular weight is 240 g/mol. The van der Waals surface area contributed by atoms with Crippen LogP contribution in [0.15, 0.2) is 36.7 Å². The number of rotatable bonds is 3. The van der Waals surface area contributed by atoms with E-state index < -0.39 is 5.97 Å². The lowest BCUT2D eigenvalue weighted by molar-refractivity contribution is 0.0696. The van der Waals surface area contributed by atoms with Crippen LogP contribution in [0.2, 0.25) is 0 Å². The molecule has 0 aliphatic heterocycles. The maximum Gasteiger partial charge on any atom is 0.338 e. The quantitative estimate of drug-likeness (QED) is 0.848. The minimum Gasteiger partial charge on any atom is -0.478 e. The van der Waals surface area contributed by atoms with Crippen molar-refractivity contribution in [2.24, 2.45) is 0 Å². The second-order valence-electron chi connectivity index (χ2n) is 3.41. The normalized spacial score (nSPS) is 9.50. The van der Waals surface area contributed by atoms with Gasteiger partial charge in [0.2, 0.25) is 5.95 Å². The zero-order chi connectivity index (χ0) is 13.0. The van der Waals surface area contributed by atoms with E-state index in [-0.39, 0.29) is 5.56 Å². The summed E-state index contributed by atoms with van der Waals surface area (Å²) in [6.07, 6.45) is 2.45. The molecule has 1 aromatic heterocycles. The number of hydrogen-bond donors (Lipinski definition) is 2. The molecular weight excluding hydrogens is 232 g/mol. The van der Waals surface area contributed by atoms with E-state index in [4.69, 9.17) is 10.4 Å². The van der Waals surface area contributed by atoms with E-state index >= 15 is 0 Å². The molecule has 0 saturated carbocycles. The molecule has 0 fully saturated rings. The van der Waals surface area contributed by atoms with Gasteiger partial charge in [-0.15, -0.1) is 0 Å². The molecule has 2 N–H and O–H groups in total. The molecule has 0 radical (unpaired) electrons. The maximum absolute atomic E-state index is 10.6. The number of carbonyl (C=O) groups is 1. The number of nitrogens with one attached hydrogen (secondary N) is 1. The topological polar surface area (TPSA) is 98.9 Å². The van der Waals surface area contributed by atoms with Crippen LogP contribution in [0.4, 0.5) is 11.6 Å². The monoisotopic (exact) mass is 240 g/mol. The first-order valence-corrected chi connectivity index (χ1v) is 5.01. The highest BCUT2D eigenvalue weighted by molar-refractivity contribution is 5.86. The SMILES string of the molecule is N#Cc1ccc(Nc2ncc(C(=O)O)cn2)cc1. The number of anilines is 2. The van der Waals surface area contributed by atoms with Gasteiger partial charge in [-0.25, -0.2) is 14.8 Å². The highest BCUT2D eigenvalue weighted by Crippen LogP contribution is 2.13. The molecule has 1 heterocycles. The maximum atomic E-state index is 10.6. The van der Waals surface area contributed by atoms with E-state index in [9.17, 15) is 4.79 Å². The van der Waals surface area contributed by atoms with E-state index in [1.165, 1.54) is 12.4 Å². The highest BCUT2D eigenvalue weighted by Gasteiger charge is 2.04. The van der Waals surface area contributed by atoms with Gasteiger partial charge >= 0.3 is 5.97 Å². The fourth-order valence-corrected chi connectivity index (χ4v) is 1.26. The standard InChI is InChI=1S/C12H8N4O2/c13-5-8-1-3-10(4-2-8)16-12-14-6-9(7-15-12)11(17)18/h1-4,6-7H,(H,17,18)(H,14,15,16). The van der Waals surface area contributed by atoms with Gasteiger partial charge in [-0.3, -0.25) is 0 Å². The first kappa shape index (κ1) is 11.5. The third-order valence-corrected chi connectivity index (χ3v) is 2.17. The van der Waals surface area contributed by atoms with E-state index in [2.05, 4.69) is 15.3 Å². The van der Waals surface area contributed by atoms with Crippen LogP contribution in [0.1, 0.15) is 15.9 Å². The zero-order valence-electron chi connectivity index (χ0n) is 9.16. The second kappa shape index (κ2) is 4.93. The number of benzene rings is 1. The Morgan fingerprint density at radius 1 is 1.22 bits per heavy atom. The van der Waals surface area contributed by atoms with Crippen LogP contribution in [0.25, 0.3) is 0 Å². The molecule has 0 spiro atoms. The molecule has 0 amide bonds. The van der Waals surface area contributed by atoms with Crippen LogP contribution >= 0.6 is 0 Å². The van der Waals surface area contributed by atoms with Crippen molar-refractivity contribution in [2.45, 2.75) is 0 Å². The zero-order valence-corrected chi connectivity index (χ0v) is 9.16. The molecule has 0 saturated heterocycles. The van der Waals surface area contributed by atoms with Crippen LogP contribution in [0, 0.1) is 11.3 Å². The van der Waals surface area contributed by atoms with E-state index in [0.29, 0.717) is 11.5 Å². The van der Waals surface area contributed by atoms with E-state index in [0.717, 1.165) is 5.69 Å². The predicted molar refractivity (Wildman–Crippen MR) is 63.4 cm³/mol. The minimum atomic E-state index is -1.07. The summed E-state index contributed by atoms with van der Waals surface area (Å²) >= 11 is 0. The summed E-state index contributed by atoms with van der Waals surface area (Å²) in [5, 5.41) is 20.2. The Hall–Kier alpha value is -2.94. The van der Waals surface area contributed by atoms with Gasteiger partial charge in [0.05, 0.1) is 17.2 Å². The van der Waals surface area contributed by atoms with Crippen molar-refractivity contribution in [2.75, 3.05) is 5.32 Å². The molecule has 6 nitrogen and oxygen atoms in total. The summed E-state index contributed by atoms with van der Waals surface area (Å²) < 4.78 is 0. The van der Waals surface area contributed by atoms with E-state index in [1.54, 1.807) is 24.3 Å². The summed E-state index contributed by atoms with van der Waals surface area (Å²) in [6, 6.07) is 8.77. The number of aromatic carboxylic acids is 1.